The minimum absolute atomic E-state index is 0.415. The Morgan fingerprint density at radius 1 is 0.926 bits per heavy atom. The molecule has 2 aliphatic carbocycles. The number of benzene rings is 2. The fraction of sp³-hybridized carbons (Fsp3) is 0.333. The molecule has 0 radical (unpaired) electrons. The largest absolute Gasteiger partial charge is 0.0952 e. The van der Waals surface area contributed by atoms with Crippen LogP contribution in [0.15, 0.2) is 61.2 Å². The van der Waals surface area contributed by atoms with E-state index in [1.54, 1.807) is 0 Å². The van der Waals surface area contributed by atoms with Gasteiger partial charge in [-0.2, -0.15) is 0 Å². The molecule has 0 atom stereocenters. The predicted octanol–water partition coefficient (Wildman–Crippen LogP) is 7.63. The zero-order valence-corrected chi connectivity index (χ0v) is 16.9. The van der Waals surface area contributed by atoms with E-state index < -0.39 is 0 Å². The maximum Gasteiger partial charge on any atom is -0.00821 e. The topological polar surface area (TPSA) is 0 Å². The van der Waals surface area contributed by atoms with Crippen LogP contribution in [-0.2, 0) is 6.42 Å². The highest BCUT2D eigenvalue weighted by Crippen LogP contribution is 2.46. The average Bonchev–Trinajstić information content (AvgIpc) is 3.18. The molecule has 0 saturated carbocycles. The minimum Gasteiger partial charge on any atom is -0.0952 e. The summed E-state index contributed by atoms with van der Waals surface area (Å²) in [7, 11) is 0. The molecule has 0 aromatic heterocycles. The Morgan fingerprint density at radius 3 is 2.33 bits per heavy atom. The van der Waals surface area contributed by atoms with Crippen molar-refractivity contribution in [2.45, 2.75) is 52.9 Å². The first-order chi connectivity index (χ1) is 13.0. The summed E-state index contributed by atoms with van der Waals surface area (Å²) in [6.07, 6.45) is 10.5. The molecule has 0 N–H and O–H groups in total. The van der Waals surface area contributed by atoms with Gasteiger partial charge >= 0.3 is 0 Å². The zero-order valence-electron chi connectivity index (χ0n) is 16.9. The molecule has 2 aromatic carbocycles. The molecule has 0 aliphatic heterocycles. The lowest BCUT2D eigenvalue weighted by Gasteiger charge is -2.38. The number of allylic oxidation sites excluding steroid dienone is 5. The van der Waals surface area contributed by atoms with Crippen LogP contribution in [0.4, 0.5) is 0 Å². The Labute approximate surface area is 164 Å². The molecule has 0 nitrogen and oxygen atoms in total. The van der Waals surface area contributed by atoms with Crippen molar-refractivity contribution in [3.05, 3.63) is 89.0 Å². The monoisotopic (exact) mass is 354 g/mol. The third-order valence-electron chi connectivity index (χ3n) is 6.77. The van der Waals surface area contributed by atoms with Crippen molar-refractivity contribution in [1.82, 2.24) is 0 Å². The number of fused-ring (bicyclic) bond motifs is 1. The van der Waals surface area contributed by atoms with Gasteiger partial charge in [0.25, 0.3) is 0 Å². The highest BCUT2D eigenvalue weighted by atomic mass is 14.4. The van der Waals surface area contributed by atoms with Crippen molar-refractivity contribution in [1.29, 1.82) is 0 Å². The smallest absolute Gasteiger partial charge is 0.00821 e. The molecular weight excluding hydrogens is 324 g/mol. The highest BCUT2D eigenvalue weighted by Gasteiger charge is 2.33. The predicted molar refractivity (Wildman–Crippen MR) is 119 cm³/mol. The van der Waals surface area contributed by atoms with Gasteiger partial charge in [0.1, 0.15) is 0 Å². The summed E-state index contributed by atoms with van der Waals surface area (Å²) in [5.41, 5.74) is 11.4. The first kappa shape index (κ1) is 18.0. The van der Waals surface area contributed by atoms with E-state index in [1.807, 2.05) is 0 Å². The van der Waals surface area contributed by atoms with Crippen LogP contribution < -0.4 is 0 Å². The van der Waals surface area contributed by atoms with Crippen LogP contribution in [-0.4, -0.2) is 0 Å². The molecule has 0 spiro atoms. The molecule has 0 heterocycles. The Bertz CT molecular complexity index is 931. The van der Waals surface area contributed by atoms with Gasteiger partial charge in [-0.25, -0.2) is 0 Å². The molecule has 0 unspecified atom stereocenters. The van der Waals surface area contributed by atoms with Crippen molar-refractivity contribution in [3.8, 4) is 0 Å². The summed E-state index contributed by atoms with van der Waals surface area (Å²) in [6.45, 7) is 11.3. The van der Waals surface area contributed by atoms with E-state index in [9.17, 15) is 0 Å². The average molecular weight is 355 g/mol. The molecule has 2 aliphatic rings. The third-order valence-corrected chi connectivity index (χ3v) is 6.77. The maximum atomic E-state index is 4.45. The van der Waals surface area contributed by atoms with Gasteiger partial charge in [-0.15, -0.1) is 0 Å². The van der Waals surface area contributed by atoms with E-state index >= 15 is 0 Å². The summed E-state index contributed by atoms with van der Waals surface area (Å²) in [6, 6.07) is 15.9. The summed E-state index contributed by atoms with van der Waals surface area (Å²) in [5.74, 6) is 0. The Hall–Kier alpha value is -2.34. The fourth-order valence-corrected chi connectivity index (χ4v) is 4.70. The number of aryl methyl sites for hydroxylation is 1. The molecule has 0 amide bonds. The van der Waals surface area contributed by atoms with Crippen molar-refractivity contribution in [2.24, 2.45) is 5.41 Å². The van der Waals surface area contributed by atoms with Crippen molar-refractivity contribution in [2.75, 3.05) is 0 Å². The van der Waals surface area contributed by atoms with Crippen LogP contribution in [0.3, 0.4) is 0 Å². The van der Waals surface area contributed by atoms with Gasteiger partial charge < -0.3 is 0 Å². The Kier molecular flexibility index (Phi) is 4.68. The molecule has 0 saturated heterocycles. The van der Waals surface area contributed by atoms with Gasteiger partial charge in [-0.05, 0) is 89.5 Å². The van der Waals surface area contributed by atoms with Crippen LogP contribution >= 0.6 is 0 Å². The fourth-order valence-electron chi connectivity index (χ4n) is 4.70. The van der Waals surface area contributed by atoms with Crippen molar-refractivity contribution >= 4 is 16.7 Å². The first-order valence-corrected chi connectivity index (χ1v) is 10.3. The van der Waals surface area contributed by atoms with Gasteiger partial charge in [0.2, 0.25) is 0 Å². The zero-order chi connectivity index (χ0) is 19.0. The summed E-state index contributed by atoms with van der Waals surface area (Å²) < 4.78 is 0. The van der Waals surface area contributed by atoms with Crippen LogP contribution in [0.5, 0.6) is 0 Å². The molecule has 0 fully saturated rings. The van der Waals surface area contributed by atoms with Gasteiger partial charge in [0, 0.05) is 0 Å². The summed E-state index contributed by atoms with van der Waals surface area (Å²) in [5, 5.41) is 0. The summed E-state index contributed by atoms with van der Waals surface area (Å²) >= 11 is 0. The van der Waals surface area contributed by atoms with Gasteiger partial charge in [-0.1, -0.05) is 74.5 Å². The number of rotatable bonds is 4. The van der Waals surface area contributed by atoms with Crippen LogP contribution in [0.1, 0.15) is 67.3 Å². The van der Waals surface area contributed by atoms with Gasteiger partial charge in [-0.3, -0.25) is 0 Å². The lowest BCUT2D eigenvalue weighted by Crippen LogP contribution is -2.26. The van der Waals surface area contributed by atoms with E-state index in [-0.39, 0.29) is 0 Å². The second-order valence-corrected chi connectivity index (χ2v) is 8.44. The number of hydrogen-bond donors (Lipinski definition) is 0. The molecule has 0 heteroatoms. The van der Waals surface area contributed by atoms with E-state index in [0.29, 0.717) is 5.41 Å². The standard InChI is InChI=1S/C27H30/c1-5-27(6-2)17-20(4)26-16-24(13-14-25(26)18-27)23-12-11-22(15-23)21-9-7-19(3)8-10-21/h7-11,13-16H,4-6,12,17-18H2,1-3H3. The normalized spacial score (nSPS) is 18.1. The molecule has 27 heavy (non-hydrogen) atoms. The molecule has 138 valence electrons. The molecule has 4 rings (SSSR count). The molecule has 0 bridgehead atoms. The second-order valence-electron chi connectivity index (χ2n) is 8.44. The van der Waals surface area contributed by atoms with Crippen LogP contribution in [0.25, 0.3) is 16.7 Å². The molecular formula is C27H30. The van der Waals surface area contributed by atoms with E-state index in [1.165, 1.54) is 63.8 Å². The van der Waals surface area contributed by atoms with Crippen LogP contribution in [0, 0.1) is 12.3 Å². The van der Waals surface area contributed by atoms with E-state index in [4.69, 9.17) is 0 Å². The lowest BCUT2D eigenvalue weighted by molar-refractivity contribution is 0.261. The molecule has 2 aromatic rings. The summed E-state index contributed by atoms with van der Waals surface area (Å²) in [4.78, 5) is 0. The van der Waals surface area contributed by atoms with Crippen LogP contribution in [0.2, 0.25) is 0 Å². The quantitative estimate of drug-likeness (QED) is 0.529. The lowest BCUT2D eigenvalue weighted by atomic mass is 9.66. The van der Waals surface area contributed by atoms with E-state index in [0.717, 1.165) is 12.8 Å². The van der Waals surface area contributed by atoms with E-state index in [2.05, 4.69) is 82.0 Å². The highest BCUT2D eigenvalue weighted by molar-refractivity contribution is 5.90. The third kappa shape index (κ3) is 3.34. The van der Waals surface area contributed by atoms with Crippen molar-refractivity contribution < 1.29 is 0 Å². The number of hydrogen-bond acceptors (Lipinski definition) is 0. The Balaban J connectivity index is 1.62. The maximum absolute atomic E-state index is 4.45. The second kappa shape index (κ2) is 7.00. The van der Waals surface area contributed by atoms with Gasteiger partial charge in [0.05, 0.1) is 0 Å². The minimum atomic E-state index is 0.415. The SMILES string of the molecule is C=C1CC(CC)(CC)Cc2ccc(C3=CC(c4ccc(C)cc4)=CC3)cc21. The van der Waals surface area contributed by atoms with Crippen molar-refractivity contribution in [3.63, 3.8) is 0 Å². The first-order valence-electron chi connectivity index (χ1n) is 10.3. The Morgan fingerprint density at radius 2 is 1.63 bits per heavy atom. The van der Waals surface area contributed by atoms with Gasteiger partial charge in [0.15, 0.2) is 0 Å².